The highest BCUT2D eigenvalue weighted by Gasteiger charge is 2.31. The normalized spacial score (nSPS) is 19.7. The van der Waals surface area contributed by atoms with Gasteiger partial charge in [-0.2, -0.15) is 5.10 Å². The van der Waals surface area contributed by atoms with Gasteiger partial charge in [0, 0.05) is 10.0 Å². The largest absolute Gasteiger partial charge is 0.463 e. The van der Waals surface area contributed by atoms with Gasteiger partial charge < -0.3 is 9.73 Å². The number of hydrogen-bond acceptors (Lipinski definition) is 5. The minimum absolute atomic E-state index is 0.127. The average molecular weight is 368 g/mol. The maximum absolute atomic E-state index is 12.0. The Hall–Kier alpha value is -1.76. The van der Waals surface area contributed by atoms with Crippen LogP contribution in [0.25, 0.3) is 0 Å². The molecule has 23 heavy (non-hydrogen) atoms. The molecule has 3 rings (SSSR count). The van der Waals surface area contributed by atoms with E-state index in [2.05, 4.69) is 15.5 Å². The van der Waals surface area contributed by atoms with Gasteiger partial charge in [0.2, 0.25) is 5.91 Å². The Kier molecular flexibility index (Phi) is 5.05. The number of thioether (sulfide) groups is 1. The highest BCUT2D eigenvalue weighted by atomic mass is 35.5. The summed E-state index contributed by atoms with van der Waals surface area (Å²) < 4.78 is 5.10. The molecule has 1 aliphatic rings. The summed E-state index contributed by atoms with van der Waals surface area (Å²) in [7, 11) is 0. The minimum atomic E-state index is -0.316. The highest BCUT2D eigenvalue weighted by Crippen LogP contribution is 2.28. The van der Waals surface area contributed by atoms with Crippen molar-refractivity contribution in [3.63, 3.8) is 0 Å². The number of halogens is 2. The molecule has 1 saturated heterocycles. The molecule has 1 aliphatic heterocycles. The van der Waals surface area contributed by atoms with Crippen LogP contribution in [-0.4, -0.2) is 22.5 Å². The van der Waals surface area contributed by atoms with Gasteiger partial charge in [-0.15, -0.1) is 5.10 Å². The molecular weight excluding hydrogens is 357 g/mol. The van der Waals surface area contributed by atoms with Crippen LogP contribution < -0.4 is 5.32 Å². The van der Waals surface area contributed by atoms with E-state index in [1.165, 1.54) is 18.0 Å². The first-order valence-corrected chi connectivity index (χ1v) is 8.31. The molecule has 118 valence electrons. The fourth-order valence-electron chi connectivity index (χ4n) is 1.99. The summed E-state index contributed by atoms with van der Waals surface area (Å²) in [6.07, 6.45) is 3.49. The first-order valence-electron chi connectivity index (χ1n) is 6.68. The van der Waals surface area contributed by atoms with Crippen LogP contribution >= 0.6 is 35.0 Å². The smallest absolute Gasteiger partial charge is 0.239 e. The molecule has 1 atom stereocenters. The zero-order valence-corrected chi connectivity index (χ0v) is 14.0. The summed E-state index contributed by atoms with van der Waals surface area (Å²) >= 11 is 13.4. The zero-order chi connectivity index (χ0) is 16.2. The third-order valence-corrected chi connectivity index (χ3v) is 4.74. The lowest BCUT2D eigenvalue weighted by atomic mass is 10.1. The van der Waals surface area contributed by atoms with E-state index in [0.29, 0.717) is 27.4 Å². The zero-order valence-electron chi connectivity index (χ0n) is 11.7. The van der Waals surface area contributed by atoms with Crippen molar-refractivity contribution in [2.24, 2.45) is 10.2 Å². The molecule has 1 N–H and O–H groups in total. The average Bonchev–Trinajstić information content (AvgIpc) is 3.14. The summed E-state index contributed by atoms with van der Waals surface area (Å²) in [6, 6.07) is 8.71. The molecule has 0 saturated carbocycles. The third kappa shape index (κ3) is 4.16. The van der Waals surface area contributed by atoms with Crippen LogP contribution in [0.1, 0.15) is 11.3 Å². The molecular formula is C15H11Cl2N3O2S. The van der Waals surface area contributed by atoms with Gasteiger partial charge in [0.05, 0.1) is 17.7 Å². The number of carbonyl (C=O) groups is 1. The first kappa shape index (κ1) is 16.1. The fraction of sp³-hybridized carbons (Fsp3) is 0.133. The second-order valence-corrected chi connectivity index (χ2v) is 6.74. The van der Waals surface area contributed by atoms with E-state index in [1.807, 2.05) is 0 Å². The van der Waals surface area contributed by atoms with Gasteiger partial charge in [-0.25, -0.2) is 0 Å². The van der Waals surface area contributed by atoms with E-state index >= 15 is 0 Å². The van der Waals surface area contributed by atoms with E-state index in [0.717, 1.165) is 5.56 Å². The van der Waals surface area contributed by atoms with Gasteiger partial charge in [-0.1, -0.05) is 35.0 Å². The fourth-order valence-corrected chi connectivity index (χ4v) is 3.33. The number of nitrogens with zero attached hydrogens (tertiary/aromatic N) is 2. The van der Waals surface area contributed by atoms with Crippen molar-refractivity contribution in [3.8, 4) is 0 Å². The lowest BCUT2D eigenvalue weighted by Crippen LogP contribution is -2.26. The van der Waals surface area contributed by atoms with Crippen molar-refractivity contribution in [3.05, 3.63) is 58.0 Å². The Balaban J connectivity index is 1.66. The summed E-state index contributed by atoms with van der Waals surface area (Å²) in [5, 5.41) is 11.9. The van der Waals surface area contributed by atoms with Crippen LogP contribution in [0.4, 0.5) is 0 Å². The minimum Gasteiger partial charge on any atom is -0.463 e. The molecule has 1 amide bonds. The molecule has 1 aromatic heterocycles. The number of rotatable bonds is 4. The molecule has 1 fully saturated rings. The summed E-state index contributed by atoms with van der Waals surface area (Å²) in [5.41, 5.74) is 0.826. The Bertz CT molecular complexity index is 775. The number of hydrogen-bond donors (Lipinski definition) is 1. The molecule has 0 aliphatic carbocycles. The number of nitrogens with one attached hydrogen (secondary N) is 1. The Morgan fingerprint density at radius 2 is 2.22 bits per heavy atom. The van der Waals surface area contributed by atoms with Gasteiger partial charge in [0.25, 0.3) is 0 Å². The van der Waals surface area contributed by atoms with Crippen LogP contribution in [-0.2, 0) is 11.2 Å². The van der Waals surface area contributed by atoms with E-state index in [1.54, 1.807) is 36.6 Å². The topological polar surface area (TPSA) is 67.0 Å². The quantitative estimate of drug-likeness (QED) is 0.660. The number of carbonyl (C=O) groups excluding carboxylic acids is 1. The monoisotopic (exact) mass is 367 g/mol. The van der Waals surface area contributed by atoms with Crippen molar-refractivity contribution in [1.82, 2.24) is 5.32 Å². The molecule has 0 spiro atoms. The lowest BCUT2D eigenvalue weighted by Gasteiger charge is -2.07. The van der Waals surface area contributed by atoms with Crippen molar-refractivity contribution in [1.29, 1.82) is 0 Å². The number of amides is 1. The molecule has 5 nitrogen and oxygen atoms in total. The Morgan fingerprint density at radius 1 is 1.35 bits per heavy atom. The molecule has 0 unspecified atom stereocenters. The van der Waals surface area contributed by atoms with Crippen LogP contribution in [0.2, 0.25) is 10.0 Å². The van der Waals surface area contributed by atoms with Crippen molar-refractivity contribution < 1.29 is 9.21 Å². The number of amidine groups is 1. The molecule has 1 aromatic carbocycles. The standard InChI is InChI=1S/C15H11Cl2N3O2S/c16-10-3-4-12(17)9(6-10)7-13-14(21)19-15(23-13)20-18-8-11-2-1-5-22-11/h1-6,8,13H,7H2,(H,19,20,21)/b18-8+/t13-/m1/s1. The predicted molar refractivity (Wildman–Crippen MR) is 93.4 cm³/mol. The molecule has 0 bridgehead atoms. The number of furan rings is 1. The number of benzene rings is 1. The summed E-state index contributed by atoms with van der Waals surface area (Å²) in [4.78, 5) is 12.0. The van der Waals surface area contributed by atoms with Crippen molar-refractivity contribution in [2.45, 2.75) is 11.7 Å². The van der Waals surface area contributed by atoms with Crippen LogP contribution in [0.3, 0.4) is 0 Å². The van der Waals surface area contributed by atoms with Crippen LogP contribution in [0, 0.1) is 0 Å². The molecule has 2 heterocycles. The van der Waals surface area contributed by atoms with Gasteiger partial charge >= 0.3 is 0 Å². The van der Waals surface area contributed by atoms with Gasteiger partial charge in [0.1, 0.15) is 5.76 Å². The van der Waals surface area contributed by atoms with E-state index < -0.39 is 0 Å². The summed E-state index contributed by atoms with van der Waals surface area (Å²) in [5.74, 6) is 0.462. The second-order valence-electron chi connectivity index (χ2n) is 4.70. The van der Waals surface area contributed by atoms with Gasteiger partial charge in [0.15, 0.2) is 5.17 Å². The third-order valence-electron chi connectivity index (χ3n) is 3.07. The highest BCUT2D eigenvalue weighted by molar-refractivity contribution is 8.15. The second kappa shape index (κ2) is 7.21. The predicted octanol–water partition coefficient (Wildman–Crippen LogP) is 3.75. The molecule has 8 heteroatoms. The molecule has 2 aromatic rings. The SMILES string of the molecule is O=C1N/C(=N\N=C\c2ccco2)S[C@@H]1Cc1cc(Cl)ccc1Cl. The van der Waals surface area contributed by atoms with Gasteiger partial charge in [-0.05, 0) is 42.3 Å². The van der Waals surface area contributed by atoms with Crippen LogP contribution in [0.15, 0.2) is 51.2 Å². The van der Waals surface area contributed by atoms with Gasteiger partial charge in [-0.3, -0.25) is 4.79 Å². The van der Waals surface area contributed by atoms with Crippen molar-refractivity contribution >= 4 is 52.3 Å². The maximum atomic E-state index is 12.0. The van der Waals surface area contributed by atoms with Crippen molar-refractivity contribution in [2.75, 3.05) is 0 Å². The summed E-state index contributed by atoms with van der Waals surface area (Å²) in [6.45, 7) is 0. The van der Waals surface area contributed by atoms with Crippen LogP contribution in [0.5, 0.6) is 0 Å². The van der Waals surface area contributed by atoms with E-state index in [-0.39, 0.29) is 11.2 Å². The lowest BCUT2D eigenvalue weighted by molar-refractivity contribution is -0.118. The van der Waals surface area contributed by atoms with E-state index in [9.17, 15) is 4.79 Å². The van der Waals surface area contributed by atoms with E-state index in [4.69, 9.17) is 27.6 Å². The molecule has 0 radical (unpaired) electrons. The Morgan fingerprint density at radius 3 is 3.00 bits per heavy atom. The Labute approximate surface area is 146 Å². The first-order chi connectivity index (χ1) is 11.1. The maximum Gasteiger partial charge on any atom is 0.239 e.